The summed E-state index contributed by atoms with van der Waals surface area (Å²) in [5.41, 5.74) is 7.44. The normalized spacial score (nSPS) is 11.8. The van der Waals surface area contributed by atoms with Crippen molar-refractivity contribution in [2.45, 2.75) is 32.7 Å². The highest BCUT2D eigenvalue weighted by atomic mass is 16.5. The lowest BCUT2D eigenvalue weighted by molar-refractivity contribution is -0.117. The fraction of sp³-hybridized carbons (Fsp3) is 0.429. The fourth-order valence-corrected chi connectivity index (χ4v) is 1.77. The van der Waals surface area contributed by atoms with Gasteiger partial charge in [-0.05, 0) is 31.0 Å². The zero-order chi connectivity index (χ0) is 14.4. The van der Waals surface area contributed by atoms with Crippen LogP contribution in [-0.4, -0.2) is 25.0 Å². The number of carbonyl (C=O) groups excluding carboxylic acids is 2. The monoisotopic (exact) mass is 264 g/mol. The van der Waals surface area contributed by atoms with Crippen LogP contribution in [0.4, 0.5) is 5.69 Å². The van der Waals surface area contributed by atoms with Crippen LogP contribution in [0.1, 0.15) is 35.7 Å². The molecule has 0 aromatic heterocycles. The predicted octanol–water partition coefficient (Wildman–Crippen LogP) is 1.85. The van der Waals surface area contributed by atoms with Gasteiger partial charge in [0, 0.05) is 5.69 Å². The SMILES string of the molecule is CCC[C@H](N)C(=O)Nc1cccc(C(=O)OC)c1C. The van der Waals surface area contributed by atoms with Gasteiger partial charge in [-0.2, -0.15) is 0 Å². The lowest BCUT2D eigenvalue weighted by Crippen LogP contribution is -2.35. The summed E-state index contributed by atoms with van der Waals surface area (Å²) in [6.45, 7) is 3.73. The minimum Gasteiger partial charge on any atom is -0.465 e. The third-order valence-corrected chi connectivity index (χ3v) is 2.93. The van der Waals surface area contributed by atoms with E-state index >= 15 is 0 Å². The molecule has 1 aromatic carbocycles. The molecule has 19 heavy (non-hydrogen) atoms. The van der Waals surface area contributed by atoms with Gasteiger partial charge in [0.2, 0.25) is 5.91 Å². The van der Waals surface area contributed by atoms with E-state index in [0.717, 1.165) is 6.42 Å². The lowest BCUT2D eigenvalue weighted by atomic mass is 10.1. The van der Waals surface area contributed by atoms with Crippen LogP contribution in [0.15, 0.2) is 18.2 Å². The molecule has 0 saturated heterocycles. The highest BCUT2D eigenvalue weighted by Gasteiger charge is 2.16. The summed E-state index contributed by atoms with van der Waals surface area (Å²) < 4.78 is 4.69. The highest BCUT2D eigenvalue weighted by Crippen LogP contribution is 2.20. The summed E-state index contributed by atoms with van der Waals surface area (Å²) in [6.07, 6.45) is 1.47. The van der Waals surface area contributed by atoms with Crippen LogP contribution in [0, 0.1) is 6.92 Å². The van der Waals surface area contributed by atoms with Gasteiger partial charge in [0.15, 0.2) is 0 Å². The van der Waals surface area contributed by atoms with Crippen molar-refractivity contribution in [2.75, 3.05) is 12.4 Å². The molecule has 3 N–H and O–H groups in total. The molecule has 104 valence electrons. The van der Waals surface area contributed by atoms with Crippen molar-refractivity contribution in [1.29, 1.82) is 0 Å². The predicted molar refractivity (Wildman–Crippen MR) is 74.0 cm³/mol. The Morgan fingerprint density at radius 2 is 2.11 bits per heavy atom. The number of amides is 1. The molecule has 0 heterocycles. The zero-order valence-corrected chi connectivity index (χ0v) is 11.5. The Morgan fingerprint density at radius 1 is 1.42 bits per heavy atom. The average molecular weight is 264 g/mol. The molecule has 0 unspecified atom stereocenters. The molecule has 0 bridgehead atoms. The number of hydrogen-bond acceptors (Lipinski definition) is 4. The number of hydrogen-bond donors (Lipinski definition) is 2. The Kier molecular flexibility index (Phi) is 5.51. The summed E-state index contributed by atoms with van der Waals surface area (Å²) in [6, 6.07) is 4.55. The van der Waals surface area contributed by atoms with Gasteiger partial charge >= 0.3 is 5.97 Å². The molecule has 1 amide bonds. The first-order chi connectivity index (χ1) is 9.01. The number of methoxy groups -OCH3 is 1. The molecule has 5 nitrogen and oxygen atoms in total. The van der Waals surface area contributed by atoms with Gasteiger partial charge in [0.25, 0.3) is 0 Å². The Bertz CT molecular complexity index is 472. The van der Waals surface area contributed by atoms with Crippen molar-refractivity contribution in [1.82, 2.24) is 0 Å². The van der Waals surface area contributed by atoms with Gasteiger partial charge in [-0.25, -0.2) is 4.79 Å². The van der Waals surface area contributed by atoms with E-state index in [1.165, 1.54) is 7.11 Å². The molecule has 0 aliphatic carbocycles. The second-order valence-electron chi connectivity index (χ2n) is 4.35. The van der Waals surface area contributed by atoms with Gasteiger partial charge < -0.3 is 15.8 Å². The number of rotatable bonds is 5. The van der Waals surface area contributed by atoms with Crippen molar-refractivity contribution >= 4 is 17.6 Å². The van der Waals surface area contributed by atoms with Crippen molar-refractivity contribution in [2.24, 2.45) is 5.73 Å². The van der Waals surface area contributed by atoms with Gasteiger partial charge in [-0.1, -0.05) is 19.4 Å². The molecule has 1 aromatic rings. The first kappa shape index (κ1) is 15.2. The summed E-state index contributed by atoms with van der Waals surface area (Å²) in [4.78, 5) is 23.4. The zero-order valence-electron chi connectivity index (χ0n) is 11.5. The fourth-order valence-electron chi connectivity index (χ4n) is 1.77. The smallest absolute Gasteiger partial charge is 0.338 e. The van der Waals surface area contributed by atoms with Gasteiger partial charge in [-0.3, -0.25) is 4.79 Å². The van der Waals surface area contributed by atoms with E-state index in [-0.39, 0.29) is 5.91 Å². The van der Waals surface area contributed by atoms with Crippen molar-refractivity contribution in [3.63, 3.8) is 0 Å². The summed E-state index contributed by atoms with van der Waals surface area (Å²) in [5.74, 6) is -0.668. The molecule has 0 spiro atoms. The highest BCUT2D eigenvalue weighted by molar-refractivity contribution is 5.98. The Hall–Kier alpha value is -1.88. The lowest BCUT2D eigenvalue weighted by Gasteiger charge is -2.14. The molecular formula is C14H20N2O3. The average Bonchev–Trinajstić information content (AvgIpc) is 2.40. The van der Waals surface area contributed by atoms with E-state index in [1.54, 1.807) is 25.1 Å². The van der Waals surface area contributed by atoms with Crippen LogP contribution in [0.5, 0.6) is 0 Å². The van der Waals surface area contributed by atoms with E-state index in [4.69, 9.17) is 5.73 Å². The molecule has 5 heteroatoms. The largest absolute Gasteiger partial charge is 0.465 e. The number of esters is 1. The standard InChI is InChI=1S/C14H20N2O3/c1-4-6-11(15)13(17)16-12-8-5-7-10(9(12)2)14(18)19-3/h5,7-8,11H,4,6,15H2,1-3H3,(H,16,17)/t11-/m0/s1. The van der Waals surface area contributed by atoms with E-state index in [9.17, 15) is 9.59 Å². The topological polar surface area (TPSA) is 81.4 Å². The minimum absolute atomic E-state index is 0.244. The van der Waals surface area contributed by atoms with Gasteiger partial charge in [-0.15, -0.1) is 0 Å². The Balaban J connectivity index is 2.90. The minimum atomic E-state index is -0.536. The third kappa shape index (κ3) is 3.79. The number of nitrogens with two attached hydrogens (primary N) is 1. The summed E-state index contributed by atoms with van der Waals surface area (Å²) in [5, 5.41) is 2.74. The quantitative estimate of drug-likeness (QED) is 0.795. The van der Waals surface area contributed by atoms with Crippen LogP contribution < -0.4 is 11.1 Å². The number of benzene rings is 1. The first-order valence-electron chi connectivity index (χ1n) is 6.25. The molecule has 0 fully saturated rings. The first-order valence-corrected chi connectivity index (χ1v) is 6.25. The van der Waals surface area contributed by atoms with Crippen molar-refractivity contribution in [3.05, 3.63) is 29.3 Å². The van der Waals surface area contributed by atoms with Crippen LogP contribution in [0.3, 0.4) is 0 Å². The van der Waals surface area contributed by atoms with E-state index in [0.29, 0.717) is 23.2 Å². The molecule has 1 rings (SSSR count). The molecular weight excluding hydrogens is 244 g/mol. The molecule has 0 aliphatic heterocycles. The second-order valence-corrected chi connectivity index (χ2v) is 4.35. The molecule has 0 saturated carbocycles. The summed E-state index contributed by atoms with van der Waals surface area (Å²) in [7, 11) is 1.32. The number of nitrogens with one attached hydrogen (secondary N) is 1. The summed E-state index contributed by atoms with van der Waals surface area (Å²) >= 11 is 0. The Labute approximate surface area is 113 Å². The molecule has 0 aliphatic rings. The van der Waals surface area contributed by atoms with Crippen LogP contribution in [0.25, 0.3) is 0 Å². The maximum atomic E-state index is 11.9. The van der Waals surface area contributed by atoms with E-state index < -0.39 is 12.0 Å². The number of anilines is 1. The maximum Gasteiger partial charge on any atom is 0.338 e. The van der Waals surface area contributed by atoms with Gasteiger partial charge in [0.05, 0.1) is 18.7 Å². The second kappa shape index (κ2) is 6.89. The van der Waals surface area contributed by atoms with Crippen LogP contribution in [-0.2, 0) is 9.53 Å². The molecule has 1 atom stereocenters. The van der Waals surface area contributed by atoms with Crippen LogP contribution in [0.2, 0.25) is 0 Å². The van der Waals surface area contributed by atoms with Gasteiger partial charge in [0.1, 0.15) is 0 Å². The van der Waals surface area contributed by atoms with Crippen LogP contribution >= 0.6 is 0 Å². The van der Waals surface area contributed by atoms with E-state index in [1.807, 2.05) is 6.92 Å². The molecule has 0 radical (unpaired) electrons. The number of ether oxygens (including phenoxy) is 1. The van der Waals surface area contributed by atoms with E-state index in [2.05, 4.69) is 10.1 Å². The van der Waals surface area contributed by atoms with Crippen molar-refractivity contribution < 1.29 is 14.3 Å². The third-order valence-electron chi connectivity index (χ3n) is 2.93. The number of carbonyl (C=O) groups is 2. The maximum absolute atomic E-state index is 11.9. The van der Waals surface area contributed by atoms with Crippen molar-refractivity contribution in [3.8, 4) is 0 Å². The Morgan fingerprint density at radius 3 is 2.68 bits per heavy atom.